The van der Waals surface area contributed by atoms with Crippen molar-refractivity contribution in [3.63, 3.8) is 0 Å². The Bertz CT molecular complexity index is 943. The summed E-state index contributed by atoms with van der Waals surface area (Å²) in [4.78, 5) is 13.4. The largest absolute Gasteiger partial charge is 0.449 e. The topological polar surface area (TPSA) is 58.6 Å². The van der Waals surface area contributed by atoms with Gasteiger partial charge in [0.1, 0.15) is 23.8 Å². The number of hydrogen-bond donors (Lipinski definition) is 2. The second-order valence-corrected chi connectivity index (χ2v) is 8.66. The summed E-state index contributed by atoms with van der Waals surface area (Å²) in [5.74, 6) is 0.368. The molecule has 4 nitrogen and oxygen atoms in total. The first-order valence-electron chi connectivity index (χ1n) is 9.76. The van der Waals surface area contributed by atoms with Crippen LogP contribution in [-0.2, 0) is 22.4 Å². The van der Waals surface area contributed by atoms with E-state index in [9.17, 15) is 9.90 Å². The Balaban J connectivity index is 1.64. The van der Waals surface area contributed by atoms with E-state index in [0.717, 1.165) is 21.6 Å². The number of aryl methyl sites for hydroxylation is 1. The standard InChI is InChI=1S/C25H25NO3S/c1-20-12-16-24(17-13-20)30(19-23(27)15-14-21-8-4-2-5-9-21)26-25(28)29-18-22-10-6-3-7-11-22/h2-17,23,27H,18-19H2,1H3/p+1/b15-14+/t23-,30?/m0/s1. The smallest absolute Gasteiger partial charge is 0.442 e. The van der Waals surface area contributed by atoms with Crippen LogP contribution in [0.15, 0.2) is 95.9 Å². The van der Waals surface area contributed by atoms with Gasteiger partial charge in [0.2, 0.25) is 0 Å². The van der Waals surface area contributed by atoms with Crippen LogP contribution in [0.25, 0.3) is 6.08 Å². The molecule has 1 unspecified atom stereocenters. The summed E-state index contributed by atoms with van der Waals surface area (Å²) in [7, 11) is 0. The fourth-order valence-electron chi connectivity index (χ4n) is 2.77. The zero-order valence-electron chi connectivity index (χ0n) is 16.9. The Labute approximate surface area is 180 Å². The molecule has 0 aliphatic rings. The van der Waals surface area contributed by atoms with Gasteiger partial charge in [-0.2, -0.15) is 0 Å². The monoisotopic (exact) mass is 420 g/mol. The van der Waals surface area contributed by atoms with Crippen molar-refractivity contribution in [1.29, 1.82) is 0 Å². The van der Waals surface area contributed by atoms with Gasteiger partial charge in [-0.25, -0.2) is 4.79 Å². The van der Waals surface area contributed by atoms with Gasteiger partial charge in [0.25, 0.3) is 0 Å². The van der Waals surface area contributed by atoms with Crippen molar-refractivity contribution in [1.82, 2.24) is 4.72 Å². The Kier molecular flexibility index (Phi) is 8.12. The number of carbonyl (C=O) groups excluding carboxylic acids is 1. The van der Waals surface area contributed by atoms with Crippen molar-refractivity contribution in [3.8, 4) is 0 Å². The minimum Gasteiger partial charge on any atom is -0.442 e. The first-order valence-corrected chi connectivity index (χ1v) is 11.2. The van der Waals surface area contributed by atoms with Crippen LogP contribution in [0, 0.1) is 6.92 Å². The van der Waals surface area contributed by atoms with E-state index in [1.165, 1.54) is 0 Å². The maximum absolute atomic E-state index is 12.4. The molecular weight excluding hydrogens is 394 g/mol. The number of benzene rings is 3. The Morgan fingerprint density at radius 2 is 1.63 bits per heavy atom. The summed E-state index contributed by atoms with van der Waals surface area (Å²) >= 11 is -0.698. The van der Waals surface area contributed by atoms with E-state index in [2.05, 4.69) is 4.72 Å². The lowest BCUT2D eigenvalue weighted by atomic mass is 10.2. The molecule has 0 radical (unpaired) electrons. The zero-order valence-corrected chi connectivity index (χ0v) is 17.7. The maximum atomic E-state index is 12.4. The first kappa shape index (κ1) is 21.7. The third-order valence-electron chi connectivity index (χ3n) is 4.37. The molecule has 0 spiro atoms. The number of aliphatic hydroxyl groups excluding tert-OH is 1. The predicted molar refractivity (Wildman–Crippen MR) is 123 cm³/mol. The van der Waals surface area contributed by atoms with Crippen molar-refractivity contribution in [2.45, 2.75) is 24.5 Å². The van der Waals surface area contributed by atoms with Crippen molar-refractivity contribution in [2.75, 3.05) is 5.75 Å². The Morgan fingerprint density at radius 3 is 2.30 bits per heavy atom. The lowest BCUT2D eigenvalue weighted by molar-refractivity contribution is 0.146. The van der Waals surface area contributed by atoms with Gasteiger partial charge in [-0.1, -0.05) is 90.5 Å². The third-order valence-corrected chi connectivity index (χ3v) is 6.30. The molecule has 0 heterocycles. The minimum absolute atomic E-state index is 0.203. The number of nitrogens with one attached hydrogen (secondary N) is 1. The molecule has 1 amide bonds. The fourth-order valence-corrected chi connectivity index (χ4v) is 4.34. The summed E-state index contributed by atoms with van der Waals surface area (Å²) < 4.78 is 8.30. The van der Waals surface area contributed by atoms with Gasteiger partial charge >= 0.3 is 6.09 Å². The highest BCUT2D eigenvalue weighted by atomic mass is 32.2. The molecule has 0 bridgehead atoms. The van der Waals surface area contributed by atoms with Gasteiger partial charge in [-0.05, 0) is 30.2 Å². The Hall–Kier alpha value is -3.02. The molecule has 154 valence electrons. The van der Waals surface area contributed by atoms with Crippen LogP contribution in [-0.4, -0.2) is 23.1 Å². The highest BCUT2D eigenvalue weighted by molar-refractivity contribution is 7.95. The van der Waals surface area contributed by atoms with Crippen LogP contribution in [0.4, 0.5) is 4.79 Å². The molecule has 0 aliphatic heterocycles. The van der Waals surface area contributed by atoms with Crippen LogP contribution >= 0.6 is 0 Å². The minimum atomic E-state index is -0.704. The summed E-state index contributed by atoms with van der Waals surface area (Å²) in [6, 6.07) is 27.3. The van der Waals surface area contributed by atoms with E-state index in [4.69, 9.17) is 4.74 Å². The molecule has 0 saturated heterocycles. The molecule has 0 aromatic heterocycles. The number of rotatable bonds is 8. The van der Waals surface area contributed by atoms with E-state index >= 15 is 0 Å². The lowest BCUT2D eigenvalue weighted by Gasteiger charge is -2.12. The summed E-state index contributed by atoms with van der Waals surface area (Å²) in [6.45, 7) is 2.22. The molecular formula is C25H26NO3S+. The van der Waals surface area contributed by atoms with Crippen LogP contribution in [0.1, 0.15) is 16.7 Å². The van der Waals surface area contributed by atoms with E-state index in [0.29, 0.717) is 5.75 Å². The number of hydrogen-bond acceptors (Lipinski definition) is 3. The number of carbonyl (C=O) groups is 1. The Morgan fingerprint density at radius 1 is 1.00 bits per heavy atom. The van der Waals surface area contributed by atoms with Crippen molar-refractivity contribution < 1.29 is 14.6 Å². The SMILES string of the molecule is Cc1ccc([S+](C[C@@H](O)/C=C/c2ccccc2)NC(=O)OCc2ccccc2)cc1. The van der Waals surface area contributed by atoms with Gasteiger partial charge in [-0.3, -0.25) is 0 Å². The van der Waals surface area contributed by atoms with Crippen LogP contribution in [0.3, 0.4) is 0 Å². The van der Waals surface area contributed by atoms with Gasteiger partial charge in [0.15, 0.2) is 10.6 Å². The summed E-state index contributed by atoms with van der Waals surface area (Å²) in [5.41, 5.74) is 3.08. The van der Waals surface area contributed by atoms with Crippen LogP contribution < -0.4 is 4.72 Å². The quantitative estimate of drug-likeness (QED) is 0.510. The van der Waals surface area contributed by atoms with Gasteiger partial charge in [0.05, 0.1) is 0 Å². The first-order chi connectivity index (χ1) is 14.6. The third kappa shape index (κ3) is 7.10. The summed E-state index contributed by atoms with van der Waals surface area (Å²) in [6.07, 6.45) is 2.43. The highest BCUT2D eigenvalue weighted by Crippen LogP contribution is 2.15. The van der Waals surface area contributed by atoms with Crippen molar-refractivity contribution in [2.24, 2.45) is 0 Å². The fraction of sp³-hybridized carbons (Fsp3) is 0.160. The second-order valence-electron chi connectivity index (χ2n) is 6.87. The van der Waals surface area contributed by atoms with Gasteiger partial charge in [-0.15, -0.1) is 4.72 Å². The molecule has 2 atom stereocenters. The molecule has 2 N–H and O–H groups in total. The predicted octanol–water partition coefficient (Wildman–Crippen LogP) is 4.89. The van der Waals surface area contributed by atoms with Gasteiger partial charge in [0, 0.05) is 0 Å². The molecule has 3 aromatic rings. The average molecular weight is 421 g/mol. The molecule has 3 rings (SSSR count). The van der Waals surface area contributed by atoms with E-state index in [1.54, 1.807) is 6.08 Å². The van der Waals surface area contributed by atoms with E-state index < -0.39 is 23.3 Å². The normalized spacial score (nSPS) is 13.0. The molecule has 3 aromatic carbocycles. The molecule has 0 saturated carbocycles. The molecule has 5 heteroatoms. The van der Waals surface area contributed by atoms with Crippen molar-refractivity contribution in [3.05, 3.63) is 108 Å². The van der Waals surface area contributed by atoms with Crippen LogP contribution in [0.2, 0.25) is 0 Å². The summed E-state index contributed by atoms with van der Waals surface area (Å²) in [5, 5.41) is 10.5. The maximum Gasteiger partial charge on any atom is 0.449 e. The number of aliphatic hydroxyl groups is 1. The van der Waals surface area contributed by atoms with E-state index in [1.807, 2.05) is 97.9 Å². The van der Waals surface area contributed by atoms with Crippen LogP contribution in [0.5, 0.6) is 0 Å². The average Bonchev–Trinajstić information content (AvgIpc) is 2.78. The molecule has 0 aliphatic carbocycles. The zero-order chi connectivity index (χ0) is 21.2. The number of amides is 1. The van der Waals surface area contributed by atoms with Gasteiger partial charge < -0.3 is 9.84 Å². The second kappa shape index (κ2) is 11.2. The number of ether oxygens (including phenoxy) is 1. The lowest BCUT2D eigenvalue weighted by Crippen LogP contribution is -2.36. The molecule has 0 fully saturated rings. The molecule has 30 heavy (non-hydrogen) atoms. The van der Waals surface area contributed by atoms with E-state index in [-0.39, 0.29) is 6.61 Å². The van der Waals surface area contributed by atoms with Crippen molar-refractivity contribution >= 4 is 23.3 Å². The highest BCUT2D eigenvalue weighted by Gasteiger charge is 2.29.